The maximum absolute atomic E-state index is 13.6. The summed E-state index contributed by atoms with van der Waals surface area (Å²) in [6.07, 6.45) is 3.35. The highest BCUT2D eigenvalue weighted by Gasteiger charge is 2.27. The number of piperidine rings is 1. The Morgan fingerprint density at radius 2 is 2.06 bits per heavy atom. The van der Waals surface area contributed by atoms with Gasteiger partial charge in [0, 0.05) is 37.0 Å². The molecule has 1 amide bonds. The van der Waals surface area contributed by atoms with E-state index in [4.69, 9.17) is 9.47 Å². The van der Waals surface area contributed by atoms with E-state index < -0.39 is 0 Å². The third kappa shape index (κ3) is 5.39. The first-order valence-corrected chi connectivity index (χ1v) is 10.9. The first-order chi connectivity index (χ1) is 16.1. The van der Waals surface area contributed by atoms with Gasteiger partial charge in [0.15, 0.2) is 5.82 Å². The second-order valence-corrected chi connectivity index (χ2v) is 7.93. The average molecular weight is 451 g/mol. The van der Waals surface area contributed by atoms with E-state index in [9.17, 15) is 9.18 Å². The number of nitrogens with one attached hydrogen (secondary N) is 1. The van der Waals surface area contributed by atoms with E-state index >= 15 is 0 Å². The number of methoxy groups -OCH3 is 2. The summed E-state index contributed by atoms with van der Waals surface area (Å²) < 4.78 is 24.3. The van der Waals surface area contributed by atoms with Crippen molar-refractivity contribution in [3.8, 4) is 22.9 Å². The minimum absolute atomic E-state index is 0.0102. The fourth-order valence-corrected chi connectivity index (χ4v) is 4.04. The summed E-state index contributed by atoms with van der Waals surface area (Å²) in [5, 5.41) is 3.03. The molecule has 0 radical (unpaired) electrons. The molecule has 2 aromatic carbocycles. The summed E-state index contributed by atoms with van der Waals surface area (Å²) in [4.78, 5) is 23.9. The molecular formula is C25H27FN4O3. The van der Waals surface area contributed by atoms with Gasteiger partial charge in [-0.2, -0.15) is 0 Å². The molecule has 1 fully saturated rings. The van der Waals surface area contributed by atoms with Crippen molar-refractivity contribution in [3.05, 3.63) is 66.1 Å². The Labute approximate surface area is 192 Å². The van der Waals surface area contributed by atoms with Crippen LogP contribution >= 0.6 is 0 Å². The molecule has 7 nitrogen and oxygen atoms in total. The monoisotopic (exact) mass is 450 g/mol. The van der Waals surface area contributed by atoms with Crippen LogP contribution in [0.3, 0.4) is 0 Å². The molecule has 1 N–H and O–H groups in total. The number of hydrogen-bond donors (Lipinski definition) is 1. The molecule has 1 unspecified atom stereocenters. The van der Waals surface area contributed by atoms with E-state index in [1.165, 1.54) is 12.1 Å². The van der Waals surface area contributed by atoms with Crippen LogP contribution in [0.5, 0.6) is 11.5 Å². The summed E-state index contributed by atoms with van der Waals surface area (Å²) in [6.45, 7) is 1.71. The fraction of sp³-hybridized carbons (Fsp3) is 0.320. The van der Waals surface area contributed by atoms with Crippen molar-refractivity contribution in [1.82, 2.24) is 15.3 Å². The predicted molar refractivity (Wildman–Crippen MR) is 124 cm³/mol. The zero-order valence-corrected chi connectivity index (χ0v) is 18.8. The number of ether oxygens (including phenoxy) is 2. The third-order valence-corrected chi connectivity index (χ3v) is 5.78. The Balaban J connectivity index is 1.43. The quantitative estimate of drug-likeness (QED) is 0.590. The Kier molecular flexibility index (Phi) is 7.02. The molecule has 2 heterocycles. The molecule has 172 valence electrons. The van der Waals surface area contributed by atoms with Crippen LogP contribution in [0.4, 0.5) is 10.2 Å². The lowest BCUT2D eigenvalue weighted by Crippen LogP contribution is -2.43. The molecule has 33 heavy (non-hydrogen) atoms. The zero-order chi connectivity index (χ0) is 23.2. The molecule has 0 bridgehead atoms. The van der Waals surface area contributed by atoms with Crippen molar-refractivity contribution in [3.63, 3.8) is 0 Å². The van der Waals surface area contributed by atoms with Gasteiger partial charge in [0.25, 0.3) is 0 Å². The summed E-state index contributed by atoms with van der Waals surface area (Å²) >= 11 is 0. The average Bonchev–Trinajstić information content (AvgIpc) is 2.87. The molecule has 8 heteroatoms. The van der Waals surface area contributed by atoms with E-state index in [0.29, 0.717) is 36.0 Å². The number of carbonyl (C=O) groups excluding carboxylic acids is 1. The van der Waals surface area contributed by atoms with Crippen molar-refractivity contribution in [2.24, 2.45) is 5.92 Å². The van der Waals surface area contributed by atoms with Crippen molar-refractivity contribution < 1.29 is 18.7 Å². The second kappa shape index (κ2) is 10.3. The Morgan fingerprint density at radius 3 is 2.85 bits per heavy atom. The third-order valence-electron chi connectivity index (χ3n) is 5.78. The van der Waals surface area contributed by atoms with Gasteiger partial charge in [-0.15, -0.1) is 0 Å². The molecular weight excluding hydrogens is 423 g/mol. The molecule has 3 aromatic rings. The lowest BCUT2D eigenvalue weighted by molar-refractivity contribution is -0.125. The Hall–Kier alpha value is -3.68. The van der Waals surface area contributed by atoms with Crippen LogP contribution in [0.25, 0.3) is 11.4 Å². The molecule has 1 saturated heterocycles. The SMILES string of the molecule is COc1ccc(OC)c(CNC(=O)C2CCCN(c3ccnc(-c4cccc(F)c4)n3)C2)c1. The highest BCUT2D eigenvalue weighted by molar-refractivity contribution is 5.79. The first-order valence-electron chi connectivity index (χ1n) is 10.9. The summed E-state index contributed by atoms with van der Waals surface area (Å²) in [5.41, 5.74) is 1.48. The molecule has 0 aliphatic carbocycles. The van der Waals surface area contributed by atoms with Crippen LogP contribution in [0.1, 0.15) is 18.4 Å². The summed E-state index contributed by atoms with van der Waals surface area (Å²) in [6, 6.07) is 13.6. The topological polar surface area (TPSA) is 76.6 Å². The van der Waals surface area contributed by atoms with E-state index in [1.54, 1.807) is 32.5 Å². The zero-order valence-electron chi connectivity index (χ0n) is 18.8. The maximum atomic E-state index is 13.6. The van der Waals surface area contributed by atoms with Gasteiger partial charge in [-0.1, -0.05) is 12.1 Å². The number of aromatic nitrogens is 2. The molecule has 4 rings (SSSR count). The van der Waals surface area contributed by atoms with Crippen molar-refractivity contribution in [2.75, 3.05) is 32.2 Å². The van der Waals surface area contributed by atoms with E-state index in [0.717, 1.165) is 30.8 Å². The van der Waals surface area contributed by atoms with Gasteiger partial charge < -0.3 is 19.7 Å². The minimum atomic E-state index is -0.330. The van der Waals surface area contributed by atoms with Gasteiger partial charge in [-0.05, 0) is 49.2 Å². The van der Waals surface area contributed by atoms with Gasteiger partial charge in [-0.25, -0.2) is 14.4 Å². The normalized spacial score (nSPS) is 15.7. The molecule has 0 spiro atoms. The van der Waals surface area contributed by atoms with Crippen LogP contribution in [-0.2, 0) is 11.3 Å². The van der Waals surface area contributed by atoms with Crippen molar-refractivity contribution >= 4 is 11.7 Å². The van der Waals surface area contributed by atoms with Crippen molar-refractivity contribution in [1.29, 1.82) is 0 Å². The lowest BCUT2D eigenvalue weighted by Gasteiger charge is -2.33. The van der Waals surface area contributed by atoms with Crippen molar-refractivity contribution in [2.45, 2.75) is 19.4 Å². The van der Waals surface area contributed by atoms with Crippen LogP contribution < -0.4 is 19.7 Å². The molecule has 1 aromatic heterocycles. The van der Waals surface area contributed by atoms with E-state index in [2.05, 4.69) is 20.2 Å². The number of hydrogen-bond acceptors (Lipinski definition) is 6. The Bertz CT molecular complexity index is 1120. The summed E-state index contributed by atoms with van der Waals surface area (Å²) in [5.74, 6) is 2.10. The van der Waals surface area contributed by atoms with Crippen LogP contribution in [-0.4, -0.2) is 43.2 Å². The number of anilines is 1. The first kappa shape index (κ1) is 22.5. The lowest BCUT2D eigenvalue weighted by atomic mass is 9.97. The number of carbonyl (C=O) groups is 1. The largest absolute Gasteiger partial charge is 0.497 e. The predicted octanol–water partition coefficient (Wildman–Crippen LogP) is 3.83. The van der Waals surface area contributed by atoms with Crippen LogP contribution in [0.2, 0.25) is 0 Å². The van der Waals surface area contributed by atoms with Gasteiger partial charge in [0.2, 0.25) is 5.91 Å². The molecule has 1 atom stereocenters. The molecule has 1 aliphatic heterocycles. The number of halogens is 1. The van der Waals surface area contributed by atoms with E-state index in [1.807, 2.05) is 24.3 Å². The highest BCUT2D eigenvalue weighted by atomic mass is 19.1. The number of amides is 1. The highest BCUT2D eigenvalue weighted by Crippen LogP contribution is 2.26. The van der Waals surface area contributed by atoms with Gasteiger partial charge in [0.05, 0.1) is 20.1 Å². The van der Waals surface area contributed by atoms with Gasteiger partial charge in [0.1, 0.15) is 23.1 Å². The van der Waals surface area contributed by atoms with Gasteiger partial charge in [-0.3, -0.25) is 4.79 Å². The standard InChI is InChI=1S/C25H27FN4O3/c1-32-21-8-9-22(33-2)19(14-21)15-28-25(31)18-6-4-12-30(16-18)23-10-11-27-24(29-23)17-5-3-7-20(26)13-17/h3,5,7-11,13-14,18H,4,6,12,15-16H2,1-2H3,(H,28,31). The van der Waals surface area contributed by atoms with Crippen LogP contribution in [0, 0.1) is 11.7 Å². The molecule has 0 saturated carbocycles. The maximum Gasteiger partial charge on any atom is 0.225 e. The van der Waals surface area contributed by atoms with E-state index in [-0.39, 0.29) is 17.6 Å². The number of nitrogens with zero attached hydrogens (tertiary/aromatic N) is 3. The smallest absolute Gasteiger partial charge is 0.225 e. The van der Waals surface area contributed by atoms with Gasteiger partial charge >= 0.3 is 0 Å². The number of benzene rings is 2. The second-order valence-electron chi connectivity index (χ2n) is 7.93. The minimum Gasteiger partial charge on any atom is -0.497 e. The fourth-order valence-electron chi connectivity index (χ4n) is 4.04. The number of rotatable bonds is 7. The molecule has 1 aliphatic rings. The Morgan fingerprint density at radius 1 is 1.18 bits per heavy atom. The summed E-state index contributed by atoms with van der Waals surface area (Å²) in [7, 11) is 3.21. The van der Waals surface area contributed by atoms with Crippen LogP contribution in [0.15, 0.2) is 54.7 Å².